The van der Waals surface area contributed by atoms with Crippen LogP contribution >= 0.6 is 0 Å². The number of carbonyl (C=O) groups excluding carboxylic acids is 1. The molecule has 10 heteroatoms. The maximum atomic E-state index is 13.4. The van der Waals surface area contributed by atoms with E-state index < -0.39 is 23.6 Å². The predicted octanol–water partition coefficient (Wildman–Crippen LogP) is 3.72. The number of nitrogens with zero attached hydrogens (tertiary/aromatic N) is 2. The van der Waals surface area contributed by atoms with Gasteiger partial charge in [0.15, 0.2) is 0 Å². The van der Waals surface area contributed by atoms with Crippen molar-refractivity contribution in [2.24, 2.45) is 5.92 Å². The standard InChI is InChI=1S/C21H25F3N6O/c1-14-7-10-30(11-8-14)20(9-3-6-18(28-20)21(22,23)24)13-25-19(31)27-16-4-2-5-17-15(16)12-26-29-17/h2-6,9,12,14,28H,7-8,10-11,13H2,1H3,(H,26,29)(H2,25,27,31). The number of hydrogen-bond donors (Lipinski definition) is 4. The average molecular weight is 434 g/mol. The van der Waals surface area contributed by atoms with Gasteiger partial charge in [-0.3, -0.25) is 10.00 Å². The van der Waals surface area contributed by atoms with Crippen LogP contribution in [0.25, 0.3) is 10.9 Å². The number of aromatic nitrogens is 2. The minimum Gasteiger partial charge on any atom is -0.358 e. The zero-order valence-electron chi connectivity index (χ0n) is 17.1. The van der Waals surface area contributed by atoms with Gasteiger partial charge in [0.05, 0.1) is 23.9 Å². The van der Waals surface area contributed by atoms with E-state index in [-0.39, 0.29) is 6.54 Å². The van der Waals surface area contributed by atoms with Crippen molar-refractivity contribution in [1.29, 1.82) is 0 Å². The summed E-state index contributed by atoms with van der Waals surface area (Å²) in [5.74, 6) is 0.519. The fourth-order valence-corrected chi connectivity index (χ4v) is 4.05. The number of dihydropyridines is 1. The molecule has 0 saturated carbocycles. The second-order valence-corrected chi connectivity index (χ2v) is 8.10. The van der Waals surface area contributed by atoms with Gasteiger partial charge < -0.3 is 16.0 Å². The molecule has 1 fully saturated rings. The lowest BCUT2D eigenvalue weighted by Crippen LogP contribution is -2.66. The largest absolute Gasteiger partial charge is 0.430 e. The number of benzene rings is 1. The molecule has 1 atom stereocenters. The number of alkyl halides is 3. The van der Waals surface area contributed by atoms with Crippen LogP contribution < -0.4 is 16.0 Å². The first-order valence-corrected chi connectivity index (χ1v) is 10.2. The zero-order chi connectivity index (χ0) is 22.1. The molecule has 4 N–H and O–H groups in total. The fourth-order valence-electron chi connectivity index (χ4n) is 4.05. The Morgan fingerprint density at radius 2 is 2.10 bits per heavy atom. The summed E-state index contributed by atoms with van der Waals surface area (Å²) in [5, 5.41) is 15.7. The molecule has 0 aliphatic carbocycles. The van der Waals surface area contributed by atoms with Crippen LogP contribution in [0.3, 0.4) is 0 Å². The summed E-state index contributed by atoms with van der Waals surface area (Å²) < 4.78 is 40.3. The topological polar surface area (TPSA) is 85.1 Å². The van der Waals surface area contributed by atoms with E-state index in [0.29, 0.717) is 24.7 Å². The van der Waals surface area contributed by atoms with Crippen molar-refractivity contribution in [2.45, 2.75) is 31.6 Å². The number of hydrogen-bond acceptors (Lipinski definition) is 4. The van der Waals surface area contributed by atoms with Crippen molar-refractivity contribution < 1.29 is 18.0 Å². The van der Waals surface area contributed by atoms with Crippen LogP contribution in [0.2, 0.25) is 0 Å². The molecule has 1 saturated heterocycles. The Morgan fingerprint density at radius 3 is 2.84 bits per heavy atom. The Morgan fingerprint density at radius 1 is 1.32 bits per heavy atom. The molecule has 0 bridgehead atoms. The Kier molecular flexibility index (Phi) is 5.65. The van der Waals surface area contributed by atoms with Gasteiger partial charge in [0, 0.05) is 18.5 Å². The maximum absolute atomic E-state index is 13.4. The molecule has 2 aromatic rings. The molecular formula is C21H25F3N6O. The first-order valence-electron chi connectivity index (χ1n) is 10.2. The predicted molar refractivity (Wildman–Crippen MR) is 112 cm³/mol. The molecule has 1 unspecified atom stereocenters. The summed E-state index contributed by atoms with van der Waals surface area (Å²) in [6, 6.07) is 4.84. The van der Waals surface area contributed by atoms with E-state index >= 15 is 0 Å². The molecule has 1 aromatic carbocycles. The molecule has 2 aliphatic heterocycles. The molecule has 0 spiro atoms. The summed E-state index contributed by atoms with van der Waals surface area (Å²) in [6.07, 6.45) is 2.99. The summed E-state index contributed by atoms with van der Waals surface area (Å²) >= 11 is 0. The van der Waals surface area contributed by atoms with Crippen LogP contribution in [0.1, 0.15) is 19.8 Å². The van der Waals surface area contributed by atoms with E-state index in [0.717, 1.165) is 29.8 Å². The molecule has 31 heavy (non-hydrogen) atoms. The normalized spacial score (nSPS) is 22.8. The van der Waals surface area contributed by atoms with Crippen molar-refractivity contribution in [2.75, 3.05) is 25.0 Å². The van der Waals surface area contributed by atoms with Crippen molar-refractivity contribution in [1.82, 2.24) is 25.7 Å². The first kappa shape index (κ1) is 21.2. The highest BCUT2D eigenvalue weighted by molar-refractivity contribution is 6.00. The van der Waals surface area contributed by atoms with Crippen LogP contribution in [-0.2, 0) is 0 Å². The second-order valence-electron chi connectivity index (χ2n) is 8.10. The lowest BCUT2D eigenvalue weighted by atomic mass is 9.94. The molecule has 2 aliphatic rings. The van der Waals surface area contributed by atoms with Gasteiger partial charge >= 0.3 is 12.2 Å². The molecule has 3 heterocycles. The zero-order valence-corrected chi connectivity index (χ0v) is 17.1. The number of urea groups is 1. The lowest BCUT2D eigenvalue weighted by Gasteiger charge is -2.47. The minimum absolute atomic E-state index is 0.0293. The summed E-state index contributed by atoms with van der Waals surface area (Å²) in [5.41, 5.74) is -0.640. The van der Waals surface area contributed by atoms with Gasteiger partial charge in [-0.05, 0) is 43.0 Å². The lowest BCUT2D eigenvalue weighted by molar-refractivity contribution is -0.103. The van der Waals surface area contributed by atoms with Gasteiger partial charge in [0.1, 0.15) is 11.4 Å². The molecule has 4 rings (SSSR count). The SMILES string of the molecule is CC1CCN(C2(CNC(=O)Nc3cccc4[nH]ncc34)C=CC=C(C(F)(F)F)N2)CC1. The number of halogens is 3. The van der Waals surface area contributed by atoms with Crippen LogP contribution in [0.5, 0.6) is 0 Å². The Hall–Kier alpha value is -3.01. The van der Waals surface area contributed by atoms with Crippen LogP contribution in [0, 0.1) is 5.92 Å². The molecule has 2 amide bonds. The van der Waals surface area contributed by atoms with Gasteiger partial charge in [-0.1, -0.05) is 19.1 Å². The van der Waals surface area contributed by atoms with E-state index in [1.165, 1.54) is 6.08 Å². The number of likely N-dealkylation sites (tertiary alicyclic amines) is 1. The quantitative estimate of drug-likeness (QED) is 0.591. The highest BCUT2D eigenvalue weighted by Gasteiger charge is 2.44. The number of aromatic amines is 1. The Labute approximate surface area is 177 Å². The van der Waals surface area contributed by atoms with Gasteiger partial charge in [-0.25, -0.2) is 4.79 Å². The third-order valence-corrected chi connectivity index (χ3v) is 5.89. The number of piperidine rings is 1. The summed E-state index contributed by atoms with van der Waals surface area (Å²) in [4.78, 5) is 14.6. The molecular weight excluding hydrogens is 409 g/mol. The van der Waals surface area contributed by atoms with Gasteiger partial charge in [0.25, 0.3) is 0 Å². The van der Waals surface area contributed by atoms with Crippen LogP contribution in [0.4, 0.5) is 23.7 Å². The van der Waals surface area contributed by atoms with E-state index in [2.05, 4.69) is 33.1 Å². The Balaban J connectivity index is 1.50. The fraction of sp³-hybridized carbons (Fsp3) is 0.429. The summed E-state index contributed by atoms with van der Waals surface area (Å²) in [7, 11) is 0. The smallest absolute Gasteiger partial charge is 0.358 e. The Bertz CT molecular complexity index is 1010. The number of fused-ring (bicyclic) bond motifs is 1. The average Bonchev–Trinajstić information content (AvgIpc) is 3.22. The van der Waals surface area contributed by atoms with Crippen molar-refractivity contribution >= 4 is 22.6 Å². The van der Waals surface area contributed by atoms with E-state index in [9.17, 15) is 18.0 Å². The van der Waals surface area contributed by atoms with E-state index in [1.807, 2.05) is 11.0 Å². The number of H-pyrrole nitrogens is 1. The third kappa shape index (κ3) is 4.53. The first-order chi connectivity index (χ1) is 14.8. The van der Waals surface area contributed by atoms with Crippen molar-refractivity contribution in [3.05, 3.63) is 48.3 Å². The molecule has 166 valence electrons. The van der Waals surface area contributed by atoms with E-state index in [1.54, 1.807) is 24.4 Å². The monoisotopic (exact) mass is 434 g/mol. The van der Waals surface area contributed by atoms with Crippen LogP contribution in [0.15, 0.2) is 48.3 Å². The molecule has 0 radical (unpaired) electrons. The number of nitrogens with one attached hydrogen (secondary N) is 4. The number of rotatable bonds is 4. The molecule has 7 nitrogen and oxygen atoms in total. The number of amides is 2. The highest BCUT2D eigenvalue weighted by atomic mass is 19.4. The number of anilines is 1. The number of allylic oxidation sites excluding steroid dienone is 3. The van der Waals surface area contributed by atoms with E-state index in [4.69, 9.17) is 0 Å². The summed E-state index contributed by atoms with van der Waals surface area (Å²) in [6.45, 7) is 3.39. The van der Waals surface area contributed by atoms with Gasteiger partial charge in [-0.15, -0.1) is 0 Å². The minimum atomic E-state index is -4.50. The third-order valence-electron chi connectivity index (χ3n) is 5.89. The molecule has 1 aromatic heterocycles. The van der Waals surface area contributed by atoms with Gasteiger partial charge in [-0.2, -0.15) is 18.3 Å². The van der Waals surface area contributed by atoms with Crippen molar-refractivity contribution in [3.63, 3.8) is 0 Å². The highest BCUT2D eigenvalue weighted by Crippen LogP contribution is 2.32. The van der Waals surface area contributed by atoms with Crippen molar-refractivity contribution in [3.8, 4) is 0 Å². The second kappa shape index (κ2) is 8.26. The maximum Gasteiger partial charge on any atom is 0.430 e. The van der Waals surface area contributed by atoms with Crippen LogP contribution in [-0.4, -0.2) is 52.6 Å². The van der Waals surface area contributed by atoms with Gasteiger partial charge in [0.2, 0.25) is 0 Å². The number of carbonyl (C=O) groups is 1.